The number of rotatable bonds is 9. The van der Waals surface area contributed by atoms with Gasteiger partial charge in [0.05, 0.1) is 23.3 Å². The molecule has 0 aliphatic rings. The summed E-state index contributed by atoms with van der Waals surface area (Å²) in [5, 5.41) is 0. The lowest BCUT2D eigenvalue weighted by Gasteiger charge is -2.34. The largest absolute Gasteiger partial charge is 0.459 e. The van der Waals surface area contributed by atoms with Gasteiger partial charge in [-0.2, -0.15) is 0 Å². The molecule has 2 N–H and O–H groups in total. The van der Waals surface area contributed by atoms with Crippen molar-refractivity contribution in [3.05, 3.63) is 90.1 Å². The monoisotopic (exact) mass is 430 g/mol. The van der Waals surface area contributed by atoms with Crippen LogP contribution in [0, 0.1) is 5.92 Å². The Morgan fingerprint density at radius 1 is 1.06 bits per heavy atom. The van der Waals surface area contributed by atoms with Gasteiger partial charge in [-0.05, 0) is 48.7 Å². The van der Waals surface area contributed by atoms with Crippen LogP contribution in [0.5, 0.6) is 0 Å². The van der Waals surface area contributed by atoms with Crippen LogP contribution in [0.15, 0.2) is 77.4 Å². The molecule has 1 atom stereocenters. The fraction of sp³-hybridized carbons (Fsp3) is 0.308. The molecule has 4 aromatic rings. The van der Waals surface area contributed by atoms with Crippen molar-refractivity contribution < 1.29 is 9.21 Å². The SMILES string of the molecule is CC(C)[C@H](c1nc2ccccc2n1Cc1ccccc1)N(CCCN)C(=O)c1ccco1. The number of furan rings is 1. The van der Waals surface area contributed by atoms with Crippen LogP contribution in [-0.2, 0) is 6.54 Å². The Labute approximate surface area is 188 Å². The first-order chi connectivity index (χ1) is 15.6. The van der Waals surface area contributed by atoms with E-state index in [1.807, 2.05) is 41.3 Å². The third-order valence-electron chi connectivity index (χ3n) is 5.70. The lowest BCUT2D eigenvalue weighted by Crippen LogP contribution is -2.40. The molecule has 0 radical (unpaired) electrons. The van der Waals surface area contributed by atoms with Gasteiger partial charge in [0.25, 0.3) is 5.91 Å². The first-order valence-electron chi connectivity index (χ1n) is 11.1. The number of benzene rings is 2. The number of hydrogen-bond acceptors (Lipinski definition) is 4. The van der Waals surface area contributed by atoms with E-state index in [2.05, 4.69) is 36.6 Å². The smallest absolute Gasteiger partial charge is 0.290 e. The van der Waals surface area contributed by atoms with Gasteiger partial charge in [-0.25, -0.2) is 4.98 Å². The molecule has 2 aromatic carbocycles. The standard InChI is InChI=1S/C26H30N4O2/c1-19(2)24(29(16-9-15-27)26(31)23-14-8-17-32-23)25-28-21-12-6-7-13-22(21)30(25)18-20-10-4-3-5-11-20/h3-8,10-14,17,19,24H,9,15-16,18,27H2,1-2H3/t24-/m1/s1. The summed E-state index contributed by atoms with van der Waals surface area (Å²) in [4.78, 5) is 20.4. The highest BCUT2D eigenvalue weighted by Crippen LogP contribution is 2.33. The summed E-state index contributed by atoms with van der Waals surface area (Å²) in [6.07, 6.45) is 2.23. The van der Waals surface area contributed by atoms with Gasteiger partial charge in [0.15, 0.2) is 5.76 Å². The number of aromatic nitrogens is 2. The minimum atomic E-state index is -0.227. The molecule has 0 saturated heterocycles. The molecule has 4 rings (SSSR count). The quantitative estimate of drug-likeness (QED) is 0.411. The van der Waals surface area contributed by atoms with Gasteiger partial charge in [0, 0.05) is 13.1 Å². The van der Waals surface area contributed by atoms with Gasteiger partial charge in [0.1, 0.15) is 5.82 Å². The Balaban J connectivity index is 1.83. The van der Waals surface area contributed by atoms with Crippen molar-refractivity contribution in [2.75, 3.05) is 13.1 Å². The van der Waals surface area contributed by atoms with E-state index in [0.717, 1.165) is 16.9 Å². The van der Waals surface area contributed by atoms with Crippen LogP contribution in [0.4, 0.5) is 0 Å². The number of hydrogen-bond donors (Lipinski definition) is 1. The number of para-hydroxylation sites is 2. The molecule has 2 heterocycles. The zero-order chi connectivity index (χ0) is 22.5. The van der Waals surface area contributed by atoms with E-state index >= 15 is 0 Å². The van der Waals surface area contributed by atoms with E-state index in [1.54, 1.807) is 12.1 Å². The maximum absolute atomic E-state index is 13.5. The Hall–Kier alpha value is -3.38. The predicted molar refractivity (Wildman–Crippen MR) is 126 cm³/mol. The maximum Gasteiger partial charge on any atom is 0.290 e. The summed E-state index contributed by atoms with van der Waals surface area (Å²) < 4.78 is 7.69. The van der Waals surface area contributed by atoms with Gasteiger partial charge in [-0.3, -0.25) is 4.79 Å². The van der Waals surface area contributed by atoms with Crippen LogP contribution in [0.2, 0.25) is 0 Å². The Bertz CT molecular complexity index is 1150. The third kappa shape index (κ3) is 4.46. The Kier molecular flexibility index (Phi) is 6.71. The highest BCUT2D eigenvalue weighted by Gasteiger charge is 2.33. The molecule has 6 nitrogen and oxygen atoms in total. The number of fused-ring (bicyclic) bond motifs is 1. The van der Waals surface area contributed by atoms with Crippen molar-refractivity contribution in [1.82, 2.24) is 14.5 Å². The highest BCUT2D eigenvalue weighted by atomic mass is 16.3. The highest BCUT2D eigenvalue weighted by molar-refractivity contribution is 5.91. The molecule has 6 heteroatoms. The van der Waals surface area contributed by atoms with E-state index in [-0.39, 0.29) is 17.9 Å². The van der Waals surface area contributed by atoms with E-state index in [0.29, 0.717) is 31.8 Å². The molecule has 0 spiro atoms. The predicted octanol–water partition coefficient (Wildman–Crippen LogP) is 4.87. The minimum Gasteiger partial charge on any atom is -0.459 e. The lowest BCUT2D eigenvalue weighted by atomic mass is 10.00. The molecule has 0 aliphatic carbocycles. The van der Waals surface area contributed by atoms with Crippen molar-refractivity contribution in [2.24, 2.45) is 11.7 Å². The van der Waals surface area contributed by atoms with Gasteiger partial charge in [-0.15, -0.1) is 0 Å². The first kappa shape index (κ1) is 21.8. The molecule has 166 valence electrons. The Morgan fingerprint density at radius 3 is 2.50 bits per heavy atom. The second kappa shape index (κ2) is 9.83. The van der Waals surface area contributed by atoms with Gasteiger partial charge < -0.3 is 19.6 Å². The summed E-state index contributed by atoms with van der Waals surface area (Å²) in [5.41, 5.74) is 8.99. The molecule has 32 heavy (non-hydrogen) atoms. The van der Waals surface area contributed by atoms with Crippen molar-refractivity contribution in [3.63, 3.8) is 0 Å². The second-order valence-corrected chi connectivity index (χ2v) is 8.34. The van der Waals surface area contributed by atoms with E-state index < -0.39 is 0 Å². The summed E-state index contributed by atoms with van der Waals surface area (Å²) in [7, 11) is 0. The molecule has 2 aromatic heterocycles. The van der Waals surface area contributed by atoms with Gasteiger partial charge in [0.2, 0.25) is 0 Å². The van der Waals surface area contributed by atoms with Gasteiger partial charge >= 0.3 is 0 Å². The van der Waals surface area contributed by atoms with E-state index in [1.165, 1.54) is 11.8 Å². The molecule has 0 bridgehead atoms. The number of carbonyl (C=O) groups excluding carboxylic acids is 1. The summed E-state index contributed by atoms with van der Waals surface area (Å²) in [5.74, 6) is 1.21. The molecular formula is C26H30N4O2. The van der Waals surface area contributed by atoms with Crippen LogP contribution in [-0.4, -0.2) is 33.4 Å². The topological polar surface area (TPSA) is 77.3 Å². The fourth-order valence-electron chi connectivity index (χ4n) is 4.22. The molecule has 0 unspecified atom stereocenters. The summed E-state index contributed by atoms with van der Waals surface area (Å²) in [6, 6.07) is 21.7. The van der Waals surface area contributed by atoms with Crippen LogP contribution in [0.1, 0.15) is 48.3 Å². The summed E-state index contributed by atoms with van der Waals surface area (Å²) >= 11 is 0. The fourth-order valence-corrected chi connectivity index (χ4v) is 4.22. The van der Waals surface area contributed by atoms with Crippen molar-refractivity contribution >= 4 is 16.9 Å². The minimum absolute atomic E-state index is 0.137. The van der Waals surface area contributed by atoms with E-state index in [4.69, 9.17) is 15.1 Å². The van der Waals surface area contributed by atoms with Gasteiger partial charge in [-0.1, -0.05) is 56.3 Å². The normalized spacial score (nSPS) is 12.4. The average molecular weight is 431 g/mol. The van der Waals surface area contributed by atoms with Crippen molar-refractivity contribution in [1.29, 1.82) is 0 Å². The molecule has 1 amide bonds. The van der Waals surface area contributed by atoms with Crippen molar-refractivity contribution in [3.8, 4) is 0 Å². The molecule has 0 saturated carbocycles. The number of nitrogens with zero attached hydrogens (tertiary/aromatic N) is 3. The van der Waals surface area contributed by atoms with E-state index in [9.17, 15) is 4.79 Å². The second-order valence-electron chi connectivity index (χ2n) is 8.34. The first-order valence-corrected chi connectivity index (χ1v) is 11.1. The Morgan fingerprint density at radius 2 is 1.81 bits per heavy atom. The zero-order valence-corrected chi connectivity index (χ0v) is 18.6. The lowest BCUT2D eigenvalue weighted by molar-refractivity contribution is 0.0572. The van der Waals surface area contributed by atoms with Crippen LogP contribution in [0.3, 0.4) is 0 Å². The molecule has 0 fully saturated rings. The zero-order valence-electron chi connectivity index (χ0n) is 18.6. The van der Waals surface area contributed by atoms with Crippen molar-refractivity contribution in [2.45, 2.75) is 32.9 Å². The summed E-state index contributed by atoms with van der Waals surface area (Å²) in [6.45, 7) is 5.98. The van der Waals surface area contributed by atoms with Crippen LogP contribution >= 0.6 is 0 Å². The third-order valence-corrected chi connectivity index (χ3v) is 5.70. The average Bonchev–Trinajstić information content (AvgIpc) is 3.46. The number of carbonyl (C=O) groups is 1. The number of nitrogens with two attached hydrogens (primary N) is 1. The molecule has 0 aliphatic heterocycles. The maximum atomic E-state index is 13.5. The number of imidazole rings is 1. The number of amides is 1. The van der Waals surface area contributed by atoms with Crippen LogP contribution in [0.25, 0.3) is 11.0 Å². The van der Waals surface area contributed by atoms with Crippen LogP contribution < -0.4 is 5.73 Å². The molecular weight excluding hydrogens is 400 g/mol.